The van der Waals surface area contributed by atoms with Gasteiger partial charge in [-0.3, -0.25) is 0 Å². The lowest BCUT2D eigenvalue weighted by molar-refractivity contribution is 0.398. The van der Waals surface area contributed by atoms with Crippen LogP contribution in [0.5, 0.6) is 0 Å². The minimum atomic E-state index is 0.193. The Balaban J connectivity index is 1.69. The fraction of sp³-hybridized carbons (Fsp3) is 0.286. The van der Waals surface area contributed by atoms with Gasteiger partial charge in [0.15, 0.2) is 0 Å². The van der Waals surface area contributed by atoms with E-state index in [4.69, 9.17) is 32.0 Å². The summed E-state index contributed by atoms with van der Waals surface area (Å²) in [6.07, 6.45) is 0. The summed E-state index contributed by atoms with van der Waals surface area (Å²) >= 11 is 13.3. The number of thioether (sulfide) groups is 1. The van der Waals surface area contributed by atoms with E-state index in [1.54, 1.807) is 18.2 Å². The van der Waals surface area contributed by atoms with Crippen molar-refractivity contribution in [3.8, 4) is 11.5 Å². The molecule has 0 aliphatic carbocycles. The van der Waals surface area contributed by atoms with Gasteiger partial charge in [-0.05, 0) is 18.2 Å². The van der Waals surface area contributed by atoms with Crippen LogP contribution in [-0.2, 0) is 5.75 Å². The summed E-state index contributed by atoms with van der Waals surface area (Å²) in [7, 11) is 0. The SMILES string of the molecule is CC(C)c1nnc(SCc2nnc(-c3ccc(Cl)cc3Cl)o2)o1. The van der Waals surface area contributed by atoms with Crippen LogP contribution in [0.15, 0.2) is 32.3 Å². The fourth-order valence-corrected chi connectivity index (χ4v) is 2.82. The summed E-state index contributed by atoms with van der Waals surface area (Å²) in [6, 6.07) is 5.08. The van der Waals surface area contributed by atoms with Crippen molar-refractivity contribution in [2.45, 2.75) is 30.7 Å². The first-order valence-corrected chi connectivity index (χ1v) is 8.51. The van der Waals surface area contributed by atoms with Crippen molar-refractivity contribution in [3.05, 3.63) is 40.0 Å². The molecule has 0 amide bonds. The standard InChI is InChI=1S/C14H12Cl2N4O2S/c1-7(2)12-18-20-14(22-12)23-6-11-17-19-13(21-11)9-4-3-8(15)5-10(9)16/h3-5,7H,6H2,1-2H3. The van der Waals surface area contributed by atoms with Gasteiger partial charge in [0.05, 0.1) is 16.3 Å². The third kappa shape index (κ3) is 3.85. The summed E-state index contributed by atoms with van der Waals surface area (Å²) in [5.74, 6) is 2.01. The van der Waals surface area contributed by atoms with Crippen molar-refractivity contribution in [1.29, 1.82) is 0 Å². The van der Waals surface area contributed by atoms with Crippen molar-refractivity contribution >= 4 is 35.0 Å². The summed E-state index contributed by atoms with van der Waals surface area (Å²) in [5.41, 5.74) is 0.639. The normalized spacial score (nSPS) is 11.3. The molecule has 9 heteroatoms. The largest absolute Gasteiger partial charge is 0.420 e. The Hall–Kier alpha value is -1.57. The fourth-order valence-electron chi connectivity index (χ4n) is 1.72. The number of hydrogen-bond donors (Lipinski definition) is 0. The maximum Gasteiger partial charge on any atom is 0.277 e. The first-order chi connectivity index (χ1) is 11.0. The maximum absolute atomic E-state index is 6.13. The molecule has 0 radical (unpaired) electrons. The second-order valence-electron chi connectivity index (χ2n) is 4.97. The molecule has 1 aromatic carbocycles. The lowest BCUT2D eigenvalue weighted by Crippen LogP contribution is -1.85. The Morgan fingerprint density at radius 1 is 1.09 bits per heavy atom. The molecule has 3 aromatic rings. The molecule has 3 rings (SSSR count). The molecule has 0 aliphatic heterocycles. The molecule has 0 N–H and O–H groups in total. The average molecular weight is 371 g/mol. The Labute approximate surface area is 146 Å². The zero-order chi connectivity index (χ0) is 16.4. The number of rotatable bonds is 5. The number of nitrogens with zero attached hydrogens (tertiary/aromatic N) is 4. The van der Waals surface area contributed by atoms with Crippen LogP contribution in [-0.4, -0.2) is 20.4 Å². The minimum absolute atomic E-state index is 0.193. The van der Waals surface area contributed by atoms with Crippen LogP contribution < -0.4 is 0 Å². The molecule has 23 heavy (non-hydrogen) atoms. The van der Waals surface area contributed by atoms with Crippen molar-refractivity contribution in [2.24, 2.45) is 0 Å². The Morgan fingerprint density at radius 2 is 1.91 bits per heavy atom. The molecular weight excluding hydrogens is 359 g/mol. The van der Waals surface area contributed by atoms with Gasteiger partial charge in [-0.15, -0.1) is 20.4 Å². The first kappa shape index (κ1) is 16.3. The molecule has 0 bridgehead atoms. The second kappa shape index (κ2) is 6.90. The minimum Gasteiger partial charge on any atom is -0.420 e. The highest BCUT2D eigenvalue weighted by atomic mass is 35.5. The molecule has 0 aliphatic rings. The van der Waals surface area contributed by atoms with Crippen LogP contribution in [0.4, 0.5) is 0 Å². The number of hydrogen-bond acceptors (Lipinski definition) is 7. The predicted molar refractivity (Wildman–Crippen MR) is 87.7 cm³/mol. The van der Waals surface area contributed by atoms with E-state index >= 15 is 0 Å². The van der Waals surface area contributed by atoms with Crippen molar-refractivity contribution in [1.82, 2.24) is 20.4 Å². The first-order valence-electron chi connectivity index (χ1n) is 6.77. The van der Waals surface area contributed by atoms with Gasteiger partial charge < -0.3 is 8.83 Å². The van der Waals surface area contributed by atoms with E-state index in [0.29, 0.717) is 44.3 Å². The summed E-state index contributed by atoms with van der Waals surface area (Å²) in [6.45, 7) is 3.98. The Morgan fingerprint density at radius 3 is 2.61 bits per heavy atom. The van der Waals surface area contributed by atoms with E-state index in [0.717, 1.165) is 0 Å². The summed E-state index contributed by atoms with van der Waals surface area (Å²) in [4.78, 5) is 0. The summed E-state index contributed by atoms with van der Waals surface area (Å²) in [5, 5.41) is 17.4. The van der Waals surface area contributed by atoms with E-state index < -0.39 is 0 Å². The van der Waals surface area contributed by atoms with Crippen LogP contribution in [0.25, 0.3) is 11.5 Å². The van der Waals surface area contributed by atoms with Gasteiger partial charge in [0.1, 0.15) is 0 Å². The predicted octanol–water partition coefficient (Wildman–Crippen LogP) is 4.84. The van der Waals surface area contributed by atoms with Gasteiger partial charge in [-0.2, -0.15) is 0 Å². The van der Waals surface area contributed by atoms with E-state index in [1.807, 2.05) is 13.8 Å². The Bertz CT molecular complexity index is 819. The molecule has 6 nitrogen and oxygen atoms in total. The van der Waals surface area contributed by atoms with Crippen LogP contribution in [0.1, 0.15) is 31.5 Å². The zero-order valence-electron chi connectivity index (χ0n) is 12.3. The molecule has 120 valence electrons. The van der Waals surface area contributed by atoms with Crippen LogP contribution >= 0.6 is 35.0 Å². The Kier molecular flexibility index (Phi) is 4.89. The molecule has 0 spiro atoms. The van der Waals surface area contributed by atoms with Gasteiger partial charge in [0, 0.05) is 10.9 Å². The van der Waals surface area contributed by atoms with Gasteiger partial charge in [0.2, 0.25) is 17.7 Å². The number of benzene rings is 1. The summed E-state index contributed by atoms with van der Waals surface area (Å²) < 4.78 is 11.1. The van der Waals surface area contributed by atoms with E-state index in [1.165, 1.54) is 11.8 Å². The lowest BCUT2D eigenvalue weighted by Gasteiger charge is -1.98. The third-order valence-electron chi connectivity index (χ3n) is 2.86. The molecule has 0 saturated carbocycles. The quantitative estimate of drug-likeness (QED) is 0.594. The van der Waals surface area contributed by atoms with Crippen molar-refractivity contribution < 1.29 is 8.83 Å². The number of halogens is 2. The molecule has 0 unspecified atom stereocenters. The molecule has 2 heterocycles. The van der Waals surface area contributed by atoms with Gasteiger partial charge in [-0.25, -0.2) is 0 Å². The monoisotopic (exact) mass is 370 g/mol. The maximum atomic E-state index is 6.13. The highest BCUT2D eigenvalue weighted by Crippen LogP contribution is 2.30. The van der Waals surface area contributed by atoms with Crippen molar-refractivity contribution in [2.75, 3.05) is 0 Å². The van der Waals surface area contributed by atoms with Gasteiger partial charge >= 0.3 is 0 Å². The van der Waals surface area contributed by atoms with Crippen LogP contribution in [0.2, 0.25) is 10.0 Å². The van der Waals surface area contributed by atoms with Gasteiger partial charge in [-0.1, -0.05) is 48.8 Å². The molecule has 0 atom stereocenters. The van der Waals surface area contributed by atoms with Crippen molar-refractivity contribution in [3.63, 3.8) is 0 Å². The highest BCUT2D eigenvalue weighted by Gasteiger charge is 2.15. The van der Waals surface area contributed by atoms with E-state index in [-0.39, 0.29) is 5.92 Å². The molecule has 0 fully saturated rings. The average Bonchev–Trinajstić information content (AvgIpc) is 3.14. The highest BCUT2D eigenvalue weighted by molar-refractivity contribution is 7.98. The third-order valence-corrected chi connectivity index (χ3v) is 4.21. The second-order valence-corrected chi connectivity index (χ2v) is 6.74. The topological polar surface area (TPSA) is 77.8 Å². The zero-order valence-corrected chi connectivity index (χ0v) is 14.6. The smallest absolute Gasteiger partial charge is 0.277 e. The molecule has 2 aromatic heterocycles. The van der Waals surface area contributed by atoms with Gasteiger partial charge in [0.25, 0.3) is 5.22 Å². The van der Waals surface area contributed by atoms with Crippen LogP contribution in [0.3, 0.4) is 0 Å². The van der Waals surface area contributed by atoms with E-state index in [9.17, 15) is 0 Å². The van der Waals surface area contributed by atoms with Crippen LogP contribution in [0, 0.1) is 0 Å². The number of aromatic nitrogens is 4. The lowest BCUT2D eigenvalue weighted by atomic mass is 10.2. The van der Waals surface area contributed by atoms with E-state index in [2.05, 4.69) is 20.4 Å². The molecular formula is C14H12Cl2N4O2S. The molecule has 0 saturated heterocycles.